The topological polar surface area (TPSA) is 8.88 Å². The second-order valence-electron chi connectivity index (χ2n) is 8.09. The van der Waals surface area contributed by atoms with Gasteiger partial charge in [-0.05, 0) is 31.2 Å². The minimum atomic E-state index is -0.223. The molecule has 0 bridgehead atoms. The Bertz CT molecular complexity index is 882. The molecule has 1 heterocycles. The second kappa shape index (κ2) is 8.85. The number of rotatable bonds is 5. The van der Waals surface area contributed by atoms with Crippen LogP contribution in [0, 0.1) is 18.6 Å². The summed E-state index contributed by atoms with van der Waals surface area (Å²) in [7, 11) is 0. The molecule has 3 atom stereocenters. The lowest BCUT2D eigenvalue weighted by molar-refractivity contribution is -1.16. The van der Waals surface area contributed by atoms with Crippen LogP contribution in [-0.2, 0) is 13.1 Å². The number of halogens is 2. The van der Waals surface area contributed by atoms with Gasteiger partial charge in [-0.3, -0.25) is 9.80 Å². The van der Waals surface area contributed by atoms with Gasteiger partial charge in [-0.25, -0.2) is 8.78 Å². The van der Waals surface area contributed by atoms with Crippen molar-refractivity contribution in [1.29, 1.82) is 0 Å². The standard InChI is InChI=1S/C25H26F2N2/c1-19-7-9-20(10-8-19)17-28-15-4-16-29(18-21-11-13-22(26)14-12-21)25(28)23-5-2-3-6-24(23)27/h2-3,5-14,25H,4,15-18H2,1H3/p+2. The van der Waals surface area contributed by atoms with E-state index < -0.39 is 0 Å². The predicted octanol–water partition coefficient (Wildman–Crippen LogP) is 2.85. The third-order valence-electron chi connectivity index (χ3n) is 5.92. The van der Waals surface area contributed by atoms with Crippen LogP contribution in [0.2, 0.25) is 0 Å². The Balaban J connectivity index is 1.64. The number of benzene rings is 3. The molecule has 3 unspecified atom stereocenters. The van der Waals surface area contributed by atoms with E-state index >= 15 is 0 Å². The van der Waals surface area contributed by atoms with E-state index in [4.69, 9.17) is 0 Å². The fourth-order valence-electron chi connectivity index (χ4n) is 4.48. The molecule has 1 saturated heterocycles. The monoisotopic (exact) mass is 394 g/mol. The molecule has 0 amide bonds. The van der Waals surface area contributed by atoms with Crippen LogP contribution in [0.25, 0.3) is 0 Å². The van der Waals surface area contributed by atoms with E-state index in [-0.39, 0.29) is 17.8 Å². The van der Waals surface area contributed by atoms with Gasteiger partial charge in [0.05, 0.1) is 13.1 Å². The molecule has 0 aromatic heterocycles. The maximum atomic E-state index is 14.8. The van der Waals surface area contributed by atoms with Crippen molar-refractivity contribution < 1.29 is 18.6 Å². The smallest absolute Gasteiger partial charge is 0.243 e. The first-order chi connectivity index (χ1) is 14.1. The molecule has 0 radical (unpaired) electrons. The van der Waals surface area contributed by atoms with Crippen LogP contribution in [-0.4, -0.2) is 13.1 Å². The highest BCUT2D eigenvalue weighted by molar-refractivity contribution is 5.21. The highest BCUT2D eigenvalue weighted by atomic mass is 19.1. The summed E-state index contributed by atoms with van der Waals surface area (Å²) in [6.07, 6.45) is 1.10. The predicted molar refractivity (Wildman–Crippen MR) is 110 cm³/mol. The van der Waals surface area contributed by atoms with Gasteiger partial charge >= 0.3 is 0 Å². The summed E-state index contributed by atoms with van der Waals surface area (Å²) in [6.45, 7) is 5.71. The Morgan fingerprint density at radius 1 is 0.759 bits per heavy atom. The average molecular weight is 395 g/mol. The fraction of sp³-hybridized carbons (Fsp3) is 0.280. The molecule has 3 aromatic carbocycles. The van der Waals surface area contributed by atoms with E-state index in [9.17, 15) is 8.78 Å². The zero-order chi connectivity index (χ0) is 20.2. The molecule has 1 fully saturated rings. The van der Waals surface area contributed by atoms with Crippen molar-refractivity contribution in [3.05, 3.63) is 107 Å². The zero-order valence-corrected chi connectivity index (χ0v) is 16.8. The minimum Gasteiger partial charge on any atom is -0.278 e. The number of quaternary nitrogens is 2. The van der Waals surface area contributed by atoms with E-state index in [1.165, 1.54) is 33.1 Å². The highest BCUT2D eigenvalue weighted by Gasteiger charge is 2.39. The van der Waals surface area contributed by atoms with Crippen molar-refractivity contribution in [2.24, 2.45) is 0 Å². The van der Waals surface area contributed by atoms with Crippen LogP contribution in [0.15, 0.2) is 72.8 Å². The van der Waals surface area contributed by atoms with Crippen molar-refractivity contribution in [2.45, 2.75) is 32.6 Å². The Labute approximate surface area is 171 Å². The van der Waals surface area contributed by atoms with E-state index in [0.29, 0.717) is 0 Å². The Kier molecular flexibility index (Phi) is 6.02. The molecule has 2 nitrogen and oxygen atoms in total. The van der Waals surface area contributed by atoms with Gasteiger partial charge in [0.2, 0.25) is 6.17 Å². The van der Waals surface area contributed by atoms with E-state index in [0.717, 1.165) is 43.7 Å². The molecule has 0 aliphatic carbocycles. The fourth-order valence-corrected chi connectivity index (χ4v) is 4.48. The molecule has 3 aromatic rings. The van der Waals surface area contributed by atoms with Gasteiger partial charge in [0.25, 0.3) is 0 Å². The molecule has 0 spiro atoms. The quantitative estimate of drug-likeness (QED) is 0.659. The van der Waals surface area contributed by atoms with Gasteiger partial charge in [0.15, 0.2) is 0 Å². The first-order valence-electron chi connectivity index (χ1n) is 10.3. The lowest BCUT2D eigenvalue weighted by Crippen LogP contribution is -3.32. The molecule has 4 rings (SSSR count). The Morgan fingerprint density at radius 3 is 1.90 bits per heavy atom. The lowest BCUT2D eigenvalue weighted by Gasteiger charge is -2.38. The van der Waals surface area contributed by atoms with Crippen molar-refractivity contribution in [1.82, 2.24) is 0 Å². The zero-order valence-electron chi connectivity index (χ0n) is 16.8. The largest absolute Gasteiger partial charge is 0.278 e. The van der Waals surface area contributed by atoms with Crippen molar-refractivity contribution >= 4 is 0 Å². The van der Waals surface area contributed by atoms with Crippen LogP contribution >= 0.6 is 0 Å². The molecular formula is C25H28F2N2+2. The lowest BCUT2D eigenvalue weighted by atomic mass is 10.0. The van der Waals surface area contributed by atoms with E-state index in [1.54, 1.807) is 12.1 Å². The van der Waals surface area contributed by atoms with Crippen molar-refractivity contribution in [3.8, 4) is 0 Å². The maximum Gasteiger partial charge on any atom is 0.243 e. The van der Waals surface area contributed by atoms with Crippen LogP contribution in [0.5, 0.6) is 0 Å². The van der Waals surface area contributed by atoms with Gasteiger partial charge in [-0.2, -0.15) is 0 Å². The third kappa shape index (κ3) is 4.72. The van der Waals surface area contributed by atoms with Gasteiger partial charge in [0, 0.05) is 17.5 Å². The number of aryl methyl sites for hydroxylation is 1. The SMILES string of the molecule is Cc1ccc(C[NH+]2CCC[NH+](Cc3ccc(F)cc3)C2c2ccccc2F)cc1. The second-order valence-corrected chi connectivity index (χ2v) is 8.09. The molecule has 0 saturated carbocycles. The van der Waals surface area contributed by atoms with Gasteiger partial charge < -0.3 is 0 Å². The van der Waals surface area contributed by atoms with Gasteiger partial charge in [-0.1, -0.05) is 54.1 Å². The number of hydrogen-bond donors (Lipinski definition) is 2. The molecule has 2 N–H and O–H groups in total. The van der Waals surface area contributed by atoms with Gasteiger partial charge in [0.1, 0.15) is 30.3 Å². The Hall–Kier alpha value is -2.56. The molecule has 1 aliphatic rings. The van der Waals surface area contributed by atoms with E-state index in [1.807, 2.05) is 24.3 Å². The van der Waals surface area contributed by atoms with Crippen LogP contribution < -0.4 is 9.80 Å². The molecule has 1 aliphatic heterocycles. The summed E-state index contributed by atoms with van der Waals surface area (Å²) in [6, 6.07) is 22.5. The summed E-state index contributed by atoms with van der Waals surface area (Å²) < 4.78 is 28.2. The summed E-state index contributed by atoms with van der Waals surface area (Å²) in [4.78, 5) is 2.71. The maximum absolute atomic E-state index is 14.8. The minimum absolute atomic E-state index is 0.0105. The van der Waals surface area contributed by atoms with Crippen molar-refractivity contribution in [2.75, 3.05) is 13.1 Å². The summed E-state index contributed by atoms with van der Waals surface area (Å²) in [5.41, 5.74) is 4.37. The normalized spacial score (nSPS) is 21.8. The van der Waals surface area contributed by atoms with E-state index in [2.05, 4.69) is 31.2 Å². The Morgan fingerprint density at radius 2 is 1.31 bits per heavy atom. The van der Waals surface area contributed by atoms with Gasteiger partial charge in [-0.15, -0.1) is 0 Å². The van der Waals surface area contributed by atoms with Crippen LogP contribution in [0.1, 0.15) is 34.8 Å². The molecular weight excluding hydrogens is 366 g/mol. The van der Waals surface area contributed by atoms with Crippen LogP contribution in [0.4, 0.5) is 8.78 Å². The van der Waals surface area contributed by atoms with Crippen LogP contribution in [0.3, 0.4) is 0 Å². The average Bonchev–Trinajstić information content (AvgIpc) is 2.72. The number of hydrogen-bond acceptors (Lipinski definition) is 0. The summed E-state index contributed by atoms with van der Waals surface area (Å²) >= 11 is 0. The summed E-state index contributed by atoms with van der Waals surface area (Å²) in [5.74, 6) is -0.364. The molecule has 150 valence electrons. The molecule has 29 heavy (non-hydrogen) atoms. The first-order valence-corrected chi connectivity index (χ1v) is 10.3. The molecule has 4 heteroatoms. The number of nitrogens with one attached hydrogen (secondary N) is 2. The van der Waals surface area contributed by atoms with Crippen molar-refractivity contribution in [3.63, 3.8) is 0 Å². The highest BCUT2D eigenvalue weighted by Crippen LogP contribution is 2.13. The third-order valence-corrected chi connectivity index (χ3v) is 5.92. The first kappa shape index (κ1) is 19.7. The summed E-state index contributed by atoms with van der Waals surface area (Å²) in [5, 5.41) is 0.